The number of aromatic nitrogens is 2. The monoisotopic (exact) mass is 466 g/mol. The van der Waals surface area contributed by atoms with Crippen molar-refractivity contribution in [3.05, 3.63) is 29.6 Å². The molecule has 3 heterocycles. The fraction of sp³-hybridized carbons (Fsp3) is 0.636. The molecule has 32 heavy (non-hydrogen) atoms. The zero-order chi connectivity index (χ0) is 23.7. The van der Waals surface area contributed by atoms with Gasteiger partial charge in [0.2, 0.25) is 10.0 Å². The van der Waals surface area contributed by atoms with Crippen LogP contribution in [0.1, 0.15) is 64.8 Å². The SMILES string of the molecule is CC(C)c1cc2ccc(NS(C)(=O)=O)c(COC3CCN(C(=O)OC(C)(C)C)CC3)n2n1. The lowest BCUT2D eigenvalue weighted by Gasteiger charge is -2.33. The fourth-order valence-electron chi connectivity index (χ4n) is 3.57. The fourth-order valence-corrected chi connectivity index (χ4v) is 4.16. The maximum atomic E-state index is 12.3. The number of piperidine rings is 1. The number of nitrogens with one attached hydrogen (secondary N) is 1. The van der Waals surface area contributed by atoms with Gasteiger partial charge in [0.25, 0.3) is 0 Å². The predicted octanol–water partition coefficient (Wildman–Crippen LogP) is 3.75. The van der Waals surface area contributed by atoms with Crippen molar-refractivity contribution in [1.29, 1.82) is 0 Å². The van der Waals surface area contributed by atoms with Gasteiger partial charge in [-0.1, -0.05) is 13.8 Å². The zero-order valence-corrected chi connectivity index (χ0v) is 20.5. The van der Waals surface area contributed by atoms with E-state index in [4.69, 9.17) is 9.47 Å². The van der Waals surface area contributed by atoms with E-state index >= 15 is 0 Å². The van der Waals surface area contributed by atoms with Crippen molar-refractivity contribution in [3.8, 4) is 0 Å². The van der Waals surface area contributed by atoms with Gasteiger partial charge in [0.1, 0.15) is 5.60 Å². The highest BCUT2D eigenvalue weighted by molar-refractivity contribution is 7.92. The molecule has 0 radical (unpaired) electrons. The van der Waals surface area contributed by atoms with Crippen molar-refractivity contribution in [3.63, 3.8) is 0 Å². The third-order valence-electron chi connectivity index (χ3n) is 5.18. The van der Waals surface area contributed by atoms with Crippen molar-refractivity contribution in [1.82, 2.24) is 14.5 Å². The van der Waals surface area contributed by atoms with Crippen molar-refractivity contribution >= 4 is 27.3 Å². The molecule has 2 aromatic rings. The molecule has 10 heteroatoms. The number of nitrogens with zero attached hydrogens (tertiary/aromatic N) is 3. The van der Waals surface area contributed by atoms with Crippen LogP contribution in [0.5, 0.6) is 0 Å². The molecule has 178 valence electrons. The molecule has 0 saturated carbocycles. The second-order valence-electron chi connectivity index (χ2n) is 9.61. The van der Waals surface area contributed by atoms with Gasteiger partial charge in [-0.25, -0.2) is 17.7 Å². The van der Waals surface area contributed by atoms with Crippen molar-refractivity contribution < 1.29 is 22.7 Å². The Balaban J connectivity index is 1.72. The molecule has 0 atom stereocenters. The maximum Gasteiger partial charge on any atom is 0.410 e. The second-order valence-corrected chi connectivity index (χ2v) is 11.4. The molecule has 9 nitrogen and oxygen atoms in total. The van der Waals surface area contributed by atoms with Gasteiger partial charge in [0.15, 0.2) is 0 Å². The standard InChI is InChI=1S/C22H34N4O5S/c1-15(2)19-13-16-7-8-18(24-32(6,28)29)20(26(16)23-19)14-30-17-9-11-25(12-10-17)21(27)31-22(3,4)5/h7-8,13,15,17,24H,9-12,14H2,1-6H3. The molecule has 1 aliphatic heterocycles. The summed E-state index contributed by atoms with van der Waals surface area (Å²) in [6.07, 6.45) is 2.13. The molecule has 2 aromatic heterocycles. The van der Waals surface area contributed by atoms with Crippen molar-refractivity contribution in [2.45, 2.75) is 71.7 Å². The van der Waals surface area contributed by atoms with E-state index in [-0.39, 0.29) is 24.7 Å². The van der Waals surface area contributed by atoms with Crippen LogP contribution in [0.3, 0.4) is 0 Å². The minimum atomic E-state index is -3.46. The van der Waals surface area contributed by atoms with Crippen LogP contribution in [0.2, 0.25) is 0 Å². The molecule has 0 spiro atoms. The summed E-state index contributed by atoms with van der Waals surface area (Å²) in [5.74, 6) is 0.243. The van der Waals surface area contributed by atoms with Crippen LogP contribution in [0.25, 0.3) is 5.52 Å². The highest BCUT2D eigenvalue weighted by Gasteiger charge is 2.27. The summed E-state index contributed by atoms with van der Waals surface area (Å²) in [5.41, 5.74) is 2.38. The van der Waals surface area contributed by atoms with Gasteiger partial charge in [-0.05, 0) is 57.7 Å². The van der Waals surface area contributed by atoms with Crippen LogP contribution in [-0.2, 0) is 26.1 Å². The number of anilines is 1. The number of rotatable bonds is 6. The van der Waals surface area contributed by atoms with Gasteiger partial charge in [-0.3, -0.25) is 4.72 Å². The van der Waals surface area contributed by atoms with Gasteiger partial charge >= 0.3 is 6.09 Å². The average molecular weight is 467 g/mol. The first kappa shape index (κ1) is 24.3. The quantitative estimate of drug-likeness (QED) is 0.696. The molecule has 0 aromatic carbocycles. The van der Waals surface area contributed by atoms with E-state index in [1.165, 1.54) is 0 Å². The number of carbonyl (C=O) groups excluding carboxylic acids is 1. The van der Waals surface area contributed by atoms with Crippen molar-refractivity contribution in [2.75, 3.05) is 24.1 Å². The lowest BCUT2D eigenvalue weighted by atomic mass is 10.1. The lowest BCUT2D eigenvalue weighted by molar-refractivity contribution is -0.0180. The van der Waals surface area contributed by atoms with Crippen LogP contribution in [0.15, 0.2) is 18.2 Å². The summed E-state index contributed by atoms with van der Waals surface area (Å²) in [7, 11) is -3.46. The Morgan fingerprint density at radius 1 is 1.25 bits per heavy atom. The Hall–Kier alpha value is -2.33. The van der Waals surface area contributed by atoms with Gasteiger partial charge in [-0.15, -0.1) is 0 Å². The molecular weight excluding hydrogens is 432 g/mol. The molecule has 1 amide bonds. The Labute approximate surface area is 190 Å². The van der Waals surface area contributed by atoms with Crippen LogP contribution >= 0.6 is 0 Å². The summed E-state index contributed by atoms with van der Waals surface area (Å²) in [6, 6.07) is 5.58. The van der Waals surface area contributed by atoms with E-state index in [0.29, 0.717) is 37.3 Å². The Morgan fingerprint density at radius 3 is 2.47 bits per heavy atom. The van der Waals surface area contributed by atoms with Gasteiger partial charge in [0, 0.05) is 13.1 Å². The molecule has 0 bridgehead atoms. The molecular formula is C22H34N4O5S. The summed E-state index contributed by atoms with van der Waals surface area (Å²) >= 11 is 0. The van der Waals surface area contributed by atoms with Crippen LogP contribution < -0.4 is 4.72 Å². The minimum Gasteiger partial charge on any atom is -0.444 e. The number of amides is 1. The van der Waals surface area contributed by atoms with Crippen LogP contribution in [0, 0.1) is 0 Å². The Morgan fingerprint density at radius 2 is 1.91 bits per heavy atom. The Kier molecular flexibility index (Phi) is 7.04. The first-order valence-electron chi connectivity index (χ1n) is 10.9. The summed E-state index contributed by atoms with van der Waals surface area (Å²) in [5, 5.41) is 4.67. The third kappa shape index (κ3) is 6.35. The largest absolute Gasteiger partial charge is 0.444 e. The molecule has 1 aliphatic rings. The number of fused-ring (bicyclic) bond motifs is 1. The number of likely N-dealkylation sites (tertiary alicyclic amines) is 1. The number of ether oxygens (including phenoxy) is 2. The van der Waals surface area contributed by atoms with E-state index in [9.17, 15) is 13.2 Å². The Bertz CT molecular complexity index is 1060. The molecule has 1 saturated heterocycles. The smallest absolute Gasteiger partial charge is 0.410 e. The summed E-state index contributed by atoms with van der Waals surface area (Å²) < 4.78 is 39.7. The predicted molar refractivity (Wildman–Crippen MR) is 123 cm³/mol. The highest BCUT2D eigenvalue weighted by Crippen LogP contribution is 2.25. The number of carbonyl (C=O) groups is 1. The topological polar surface area (TPSA) is 102 Å². The number of hydrogen-bond donors (Lipinski definition) is 1. The minimum absolute atomic E-state index is 0.0462. The molecule has 1 N–H and O–H groups in total. The van der Waals surface area contributed by atoms with Crippen molar-refractivity contribution in [2.24, 2.45) is 0 Å². The number of hydrogen-bond acceptors (Lipinski definition) is 6. The summed E-state index contributed by atoms with van der Waals surface area (Å²) in [6.45, 7) is 11.0. The molecule has 0 unspecified atom stereocenters. The second kappa shape index (κ2) is 9.27. The normalized spacial score (nSPS) is 16.0. The molecule has 1 fully saturated rings. The van der Waals surface area contributed by atoms with E-state index in [0.717, 1.165) is 17.5 Å². The van der Waals surface area contributed by atoms with Gasteiger partial charge in [-0.2, -0.15) is 5.10 Å². The molecule has 0 aliphatic carbocycles. The molecule has 3 rings (SSSR count). The third-order valence-corrected chi connectivity index (χ3v) is 5.77. The van der Waals surface area contributed by atoms with Gasteiger partial charge < -0.3 is 14.4 Å². The zero-order valence-electron chi connectivity index (χ0n) is 19.7. The highest BCUT2D eigenvalue weighted by atomic mass is 32.2. The van der Waals surface area contributed by atoms with Gasteiger partial charge in [0.05, 0.1) is 41.6 Å². The van der Waals surface area contributed by atoms with E-state index in [2.05, 4.69) is 23.7 Å². The first-order chi connectivity index (χ1) is 14.8. The average Bonchev–Trinajstić information content (AvgIpc) is 3.10. The summed E-state index contributed by atoms with van der Waals surface area (Å²) in [4.78, 5) is 14.0. The van der Waals surface area contributed by atoms with Crippen LogP contribution in [0.4, 0.5) is 10.5 Å². The van der Waals surface area contributed by atoms with E-state index in [1.54, 1.807) is 15.5 Å². The first-order valence-corrected chi connectivity index (χ1v) is 12.8. The number of pyridine rings is 1. The number of sulfonamides is 1. The maximum absolute atomic E-state index is 12.3. The van der Waals surface area contributed by atoms with E-state index < -0.39 is 15.6 Å². The van der Waals surface area contributed by atoms with E-state index in [1.807, 2.05) is 32.9 Å². The lowest BCUT2D eigenvalue weighted by Crippen LogP contribution is -2.43. The van der Waals surface area contributed by atoms with Crippen LogP contribution in [-0.4, -0.2) is 60.1 Å².